The van der Waals surface area contributed by atoms with Gasteiger partial charge in [-0.2, -0.15) is 4.58 Å². The van der Waals surface area contributed by atoms with E-state index in [-0.39, 0.29) is 94.2 Å². The summed E-state index contributed by atoms with van der Waals surface area (Å²) in [5.74, 6) is 6.27. The number of nitrogens with zero attached hydrogens (tertiary/aromatic N) is 1. The monoisotopic (exact) mass is 614 g/mol. The van der Waals surface area contributed by atoms with Crippen LogP contribution in [0.15, 0.2) is 60.9 Å². The van der Waals surface area contributed by atoms with Gasteiger partial charge in [-0.05, 0) is 30.5 Å². The first-order chi connectivity index (χ1) is 16.5. The van der Waals surface area contributed by atoms with Crippen molar-refractivity contribution in [2.24, 2.45) is 0 Å². The molecule has 0 spiro atoms. The Morgan fingerprint density at radius 3 is 2.42 bits per heavy atom. The number of hydrogen-bond donors (Lipinski definition) is 4. The van der Waals surface area contributed by atoms with E-state index in [1.165, 1.54) is 6.07 Å². The number of carbonyl (C=O) groups is 1. The van der Waals surface area contributed by atoms with Crippen LogP contribution in [0.5, 0.6) is 0 Å². The topological polar surface area (TPSA) is 84.6 Å². The van der Waals surface area contributed by atoms with Gasteiger partial charge in [-0.15, -0.1) is 0 Å². The Bertz CT molecular complexity index is 1040. The number of carbonyl (C=O) groups excluding carboxylic acids is 1. The van der Waals surface area contributed by atoms with Gasteiger partial charge in [0.05, 0.1) is 12.6 Å². The van der Waals surface area contributed by atoms with E-state index in [1.54, 1.807) is 19.1 Å². The van der Waals surface area contributed by atoms with Gasteiger partial charge in [-0.25, -0.2) is 4.39 Å². The molecular weight excluding hydrogens is 578 g/mol. The molecule has 2 atom stereocenters. The minimum atomic E-state index is -0.470. The summed E-state index contributed by atoms with van der Waals surface area (Å²) in [5.41, 5.74) is 2.58. The summed E-state index contributed by atoms with van der Waals surface area (Å²) in [6.45, 7) is 2.64. The molecule has 1 fully saturated rings. The first-order valence-corrected chi connectivity index (χ1v) is 11.3. The summed E-state index contributed by atoms with van der Waals surface area (Å²) >= 11 is 0. The zero-order valence-corrected chi connectivity index (χ0v) is 27.9. The maximum absolute atomic E-state index is 13.8. The Kier molecular flexibility index (Phi) is 18.9. The van der Waals surface area contributed by atoms with Crippen LogP contribution in [-0.4, -0.2) is 52.8 Å². The third-order valence-electron chi connectivity index (χ3n) is 5.16. The van der Waals surface area contributed by atoms with Crippen LogP contribution >= 0.6 is 0 Å². The number of nitrogens with one attached hydrogen (secondary N) is 2. The van der Waals surface area contributed by atoms with Gasteiger partial charge in [0.2, 0.25) is 5.91 Å². The van der Waals surface area contributed by atoms with E-state index >= 15 is 0 Å². The van der Waals surface area contributed by atoms with E-state index in [4.69, 9.17) is 5.11 Å². The van der Waals surface area contributed by atoms with Crippen molar-refractivity contribution in [3.05, 3.63) is 79.7 Å². The first kappa shape index (κ1) is 34.6. The fourth-order valence-corrected chi connectivity index (χ4v) is 3.42. The van der Waals surface area contributed by atoms with Crippen LogP contribution in [0.3, 0.4) is 0 Å². The van der Waals surface area contributed by atoms with Crippen LogP contribution in [0, 0.1) is 25.1 Å². The van der Waals surface area contributed by atoms with Gasteiger partial charge < -0.3 is 28.3 Å². The Morgan fingerprint density at radius 1 is 1.17 bits per heavy atom. The van der Waals surface area contributed by atoms with Crippen molar-refractivity contribution < 1.29 is 92.9 Å². The minimum absolute atomic E-state index is 0. The number of halogens is 1. The van der Waals surface area contributed by atoms with Crippen LogP contribution in [0.4, 0.5) is 4.39 Å². The fourth-order valence-electron chi connectivity index (χ4n) is 3.42. The molecule has 4 N–H and O–H groups in total. The van der Waals surface area contributed by atoms with Crippen molar-refractivity contribution in [1.29, 1.82) is 0 Å². The van der Waals surface area contributed by atoms with E-state index in [9.17, 15) is 14.3 Å². The van der Waals surface area contributed by atoms with Crippen LogP contribution in [-0.2, 0) is 11.2 Å². The smallest absolute Gasteiger partial charge is 0.400 e. The quantitative estimate of drug-likeness (QED) is 0.226. The Balaban J connectivity index is 0.00000106. The van der Waals surface area contributed by atoms with Crippen molar-refractivity contribution in [3.8, 4) is 23.0 Å². The second kappa shape index (κ2) is 19.7. The summed E-state index contributed by atoms with van der Waals surface area (Å²) in [7, 11) is 1.00. The molecule has 0 saturated carbocycles. The summed E-state index contributed by atoms with van der Waals surface area (Å²) in [6.07, 6.45) is 8.10. The normalized spacial score (nSPS) is 16.9. The first-order valence-electron chi connectivity index (χ1n) is 11.3. The van der Waals surface area contributed by atoms with Gasteiger partial charge in [-0.1, -0.05) is 54.3 Å². The average molecular weight is 615 g/mol. The van der Waals surface area contributed by atoms with Gasteiger partial charge >= 0.3 is 68.9 Å². The zero-order chi connectivity index (χ0) is 24.8. The molecule has 188 valence electrons. The molecule has 1 amide bonds. The van der Waals surface area contributed by atoms with Gasteiger partial charge in [0.25, 0.3) is 6.17 Å². The molecule has 6 nitrogen and oxygen atoms in total. The Labute approximate surface area is 273 Å². The predicted molar refractivity (Wildman–Crippen MR) is 139 cm³/mol. The van der Waals surface area contributed by atoms with Crippen molar-refractivity contribution in [1.82, 2.24) is 10.6 Å². The molecule has 4 rings (SSSR count). The van der Waals surface area contributed by atoms with Gasteiger partial charge in [0.15, 0.2) is 12.4 Å². The Morgan fingerprint density at radius 2 is 1.86 bits per heavy atom. The number of amides is 1. The van der Waals surface area contributed by atoms with E-state index < -0.39 is 6.10 Å². The molecule has 2 heterocycles. The van der Waals surface area contributed by atoms with Crippen molar-refractivity contribution in [2.45, 2.75) is 44.9 Å². The van der Waals surface area contributed by atoms with E-state index in [0.29, 0.717) is 18.4 Å². The summed E-state index contributed by atoms with van der Waals surface area (Å²) in [5, 5.41) is 22.4. The number of aliphatic hydroxyl groups excluding tert-OH is 2. The summed E-state index contributed by atoms with van der Waals surface area (Å²) < 4.78 is 15.7. The predicted octanol–water partition coefficient (Wildman–Crippen LogP) is 0.252. The zero-order valence-electron chi connectivity index (χ0n) is 21.7. The molecule has 1 saturated heterocycles. The second-order valence-corrected chi connectivity index (χ2v) is 7.66. The van der Waals surface area contributed by atoms with Crippen molar-refractivity contribution >= 4 is 12.1 Å². The maximum Gasteiger partial charge on any atom is 1.00 e. The Hall–Kier alpha value is -1.42. The molecule has 0 aliphatic carbocycles. The molecule has 2 aromatic rings. The summed E-state index contributed by atoms with van der Waals surface area (Å²) in [6, 6.07) is 14.6. The van der Waals surface area contributed by atoms with Gasteiger partial charge in [0, 0.05) is 32.1 Å². The van der Waals surface area contributed by atoms with Crippen LogP contribution in [0.25, 0.3) is 11.1 Å². The second-order valence-electron chi connectivity index (χ2n) is 7.66. The third-order valence-corrected chi connectivity index (χ3v) is 5.16. The fraction of sp³-hybridized carbons (Fsp3) is 0.321. The maximum atomic E-state index is 13.8. The molecule has 2 aromatic carbocycles. The molecule has 8 heteroatoms. The molecule has 2 unspecified atom stereocenters. The number of benzene rings is 2. The van der Waals surface area contributed by atoms with E-state index in [0.717, 1.165) is 37.6 Å². The largest absolute Gasteiger partial charge is 1.00 e. The molecule has 36 heavy (non-hydrogen) atoms. The summed E-state index contributed by atoms with van der Waals surface area (Å²) in [4.78, 5) is 10.1. The molecule has 2 aliphatic rings. The van der Waals surface area contributed by atoms with Crippen LogP contribution < -0.4 is 79.5 Å². The SMILES string of the molecule is CC(O)C1NC=C/[N+]1=C/CC#CCc1ccc(-c2ccccc2F)cc1.CO.O=C1CCCN1.[CH3-].[Cs+]. The van der Waals surface area contributed by atoms with Crippen molar-refractivity contribution in [3.63, 3.8) is 0 Å². The molecule has 2 aliphatic heterocycles. The minimum Gasteiger partial charge on any atom is -0.400 e. The van der Waals surface area contributed by atoms with Gasteiger partial charge in [-0.3, -0.25) is 4.79 Å². The number of hydrogen-bond acceptors (Lipinski definition) is 4. The van der Waals surface area contributed by atoms with Crippen LogP contribution in [0.2, 0.25) is 0 Å². The standard InChI is InChI=1S/C22H22FN2O.C4H7NO.CH4O.CH3.Cs/c1-17(26)22-24-14-16-25(22)15-6-2-3-7-18-10-12-19(13-11-18)20-8-4-5-9-21(20)23;6-4-2-1-3-5-4;1-2;;/h4-5,8-17,22,24,26H,6-7H2,1H3;1-3H2,(H,5,6);2H,1H3;1H3;/q+1;;;-1;+1/b25-15-;;;;. The molecule has 0 aromatic heterocycles. The molecule has 0 radical (unpaired) electrons. The molecule has 0 bridgehead atoms. The molecular formula is C28H36CsFN3O3+. The van der Waals surface area contributed by atoms with Crippen molar-refractivity contribution in [2.75, 3.05) is 13.7 Å². The van der Waals surface area contributed by atoms with E-state index in [2.05, 4.69) is 22.5 Å². The van der Waals surface area contributed by atoms with Gasteiger partial charge in [0.1, 0.15) is 11.9 Å². The number of aliphatic hydroxyl groups is 2. The number of rotatable bonds is 4. The third kappa shape index (κ3) is 11.8. The average Bonchev–Trinajstić information content (AvgIpc) is 3.53. The van der Waals surface area contributed by atoms with E-state index in [1.807, 2.05) is 53.5 Å². The van der Waals surface area contributed by atoms with Crippen LogP contribution in [0.1, 0.15) is 31.7 Å².